The van der Waals surface area contributed by atoms with Crippen LogP contribution in [-0.4, -0.2) is 16.5 Å². The lowest BCUT2D eigenvalue weighted by atomic mass is 9.74. The van der Waals surface area contributed by atoms with Crippen molar-refractivity contribution in [2.45, 2.75) is 38.1 Å². The highest BCUT2D eigenvalue weighted by Crippen LogP contribution is 2.40. The smallest absolute Gasteiger partial charge is 0.145 e. The van der Waals surface area contributed by atoms with Crippen molar-refractivity contribution in [2.24, 2.45) is 0 Å². The van der Waals surface area contributed by atoms with Gasteiger partial charge in [0.1, 0.15) is 5.82 Å². The van der Waals surface area contributed by atoms with Crippen molar-refractivity contribution in [1.82, 2.24) is 15.3 Å². The topological polar surface area (TPSA) is 37.8 Å². The van der Waals surface area contributed by atoms with Gasteiger partial charge in [-0.3, -0.25) is 0 Å². The molecule has 0 aliphatic heterocycles. The summed E-state index contributed by atoms with van der Waals surface area (Å²) in [5.74, 6) is 1.56. The molecule has 0 saturated heterocycles. The van der Waals surface area contributed by atoms with E-state index in [0.717, 1.165) is 25.2 Å². The highest BCUT2D eigenvalue weighted by molar-refractivity contribution is 5.40. The van der Waals surface area contributed by atoms with Crippen LogP contribution in [-0.2, 0) is 6.42 Å². The standard InChI is InChI=1S/C17H21N3/c1-2-8-18-16(17-19-9-5-10-20-17)12-14-11-13-6-3-4-7-15(13)14/h3-7,9-10,14,16,18H,2,8,11-12H2,1H3. The van der Waals surface area contributed by atoms with E-state index in [1.165, 1.54) is 17.5 Å². The van der Waals surface area contributed by atoms with E-state index in [1.54, 1.807) is 0 Å². The summed E-state index contributed by atoms with van der Waals surface area (Å²) < 4.78 is 0. The van der Waals surface area contributed by atoms with E-state index in [2.05, 4.69) is 46.5 Å². The summed E-state index contributed by atoms with van der Waals surface area (Å²) in [6, 6.07) is 10.9. The normalized spacial score (nSPS) is 18.1. The average Bonchev–Trinajstić information content (AvgIpc) is 2.49. The summed E-state index contributed by atoms with van der Waals surface area (Å²) in [7, 11) is 0. The molecular weight excluding hydrogens is 246 g/mol. The van der Waals surface area contributed by atoms with Crippen LogP contribution in [0.1, 0.15) is 48.7 Å². The van der Waals surface area contributed by atoms with Crippen molar-refractivity contribution in [3.8, 4) is 0 Å². The molecule has 1 heterocycles. The zero-order valence-corrected chi connectivity index (χ0v) is 11.9. The highest BCUT2D eigenvalue weighted by atomic mass is 15.0. The second kappa shape index (κ2) is 6.14. The van der Waals surface area contributed by atoms with Crippen molar-refractivity contribution in [3.63, 3.8) is 0 Å². The summed E-state index contributed by atoms with van der Waals surface area (Å²) in [6.07, 6.45) is 7.06. The molecular formula is C17H21N3. The van der Waals surface area contributed by atoms with Crippen LogP contribution < -0.4 is 5.32 Å². The molecule has 0 spiro atoms. The van der Waals surface area contributed by atoms with Gasteiger partial charge in [-0.25, -0.2) is 9.97 Å². The van der Waals surface area contributed by atoms with Crippen molar-refractivity contribution in [1.29, 1.82) is 0 Å². The molecule has 1 aromatic heterocycles. The van der Waals surface area contributed by atoms with Gasteiger partial charge in [-0.1, -0.05) is 31.2 Å². The molecule has 1 aromatic carbocycles. The van der Waals surface area contributed by atoms with E-state index in [0.29, 0.717) is 5.92 Å². The molecule has 3 rings (SSSR count). The Bertz CT molecular complexity index is 553. The lowest BCUT2D eigenvalue weighted by Crippen LogP contribution is -2.29. The van der Waals surface area contributed by atoms with Crippen LogP contribution in [0.5, 0.6) is 0 Å². The van der Waals surface area contributed by atoms with Gasteiger partial charge >= 0.3 is 0 Å². The first-order valence-electron chi connectivity index (χ1n) is 7.46. The van der Waals surface area contributed by atoms with Gasteiger partial charge < -0.3 is 5.32 Å². The van der Waals surface area contributed by atoms with Crippen LogP contribution in [0.3, 0.4) is 0 Å². The molecule has 0 amide bonds. The van der Waals surface area contributed by atoms with E-state index in [9.17, 15) is 0 Å². The number of aromatic nitrogens is 2. The summed E-state index contributed by atoms with van der Waals surface area (Å²) in [5, 5.41) is 3.59. The Hall–Kier alpha value is -1.74. The van der Waals surface area contributed by atoms with E-state index in [1.807, 2.05) is 18.5 Å². The van der Waals surface area contributed by atoms with Crippen molar-refractivity contribution < 1.29 is 0 Å². The van der Waals surface area contributed by atoms with Gasteiger partial charge in [0.15, 0.2) is 0 Å². The van der Waals surface area contributed by atoms with E-state index in [4.69, 9.17) is 0 Å². The maximum absolute atomic E-state index is 4.43. The predicted octanol–water partition coefficient (Wildman–Crippen LogP) is 3.25. The third-order valence-corrected chi connectivity index (χ3v) is 4.02. The van der Waals surface area contributed by atoms with Gasteiger partial charge in [0.25, 0.3) is 0 Å². The third kappa shape index (κ3) is 2.73. The van der Waals surface area contributed by atoms with Crippen molar-refractivity contribution in [2.75, 3.05) is 6.54 Å². The first-order valence-corrected chi connectivity index (χ1v) is 7.46. The maximum Gasteiger partial charge on any atom is 0.145 e. The van der Waals surface area contributed by atoms with Crippen LogP contribution in [0.25, 0.3) is 0 Å². The fraction of sp³-hybridized carbons (Fsp3) is 0.412. The number of fused-ring (bicyclic) bond motifs is 1. The molecule has 1 aliphatic rings. The van der Waals surface area contributed by atoms with E-state index in [-0.39, 0.29) is 6.04 Å². The Morgan fingerprint density at radius 3 is 2.75 bits per heavy atom. The molecule has 2 atom stereocenters. The fourth-order valence-corrected chi connectivity index (χ4v) is 2.95. The minimum Gasteiger partial charge on any atom is -0.307 e. The summed E-state index contributed by atoms with van der Waals surface area (Å²) in [4.78, 5) is 8.85. The third-order valence-electron chi connectivity index (χ3n) is 4.02. The second-order valence-electron chi connectivity index (χ2n) is 5.45. The van der Waals surface area contributed by atoms with Gasteiger partial charge in [0.2, 0.25) is 0 Å². The molecule has 0 fully saturated rings. The Labute approximate surface area is 120 Å². The minimum absolute atomic E-state index is 0.259. The van der Waals surface area contributed by atoms with Crippen LogP contribution in [0, 0.1) is 0 Å². The summed E-state index contributed by atoms with van der Waals surface area (Å²) in [5.41, 5.74) is 3.01. The molecule has 1 N–H and O–H groups in total. The zero-order chi connectivity index (χ0) is 13.8. The van der Waals surface area contributed by atoms with E-state index >= 15 is 0 Å². The van der Waals surface area contributed by atoms with Crippen LogP contribution >= 0.6 is 0 Å². The van der Waals surface area contributed by atoms with Crippen LogP contribution in [0.2, 0.25) is 0 Å². The number of hydrogen-bond acceptors (Lipinski definition) is 3. The summed E-state index contributed by atoms with van der Waals surface area (Å²) in [6.45, 7) is 3.20. The molecule has 0 saturated carbocycles. The first-order chi connectivity index (χ1) is 9.88. The number of nitrogens with one attached hydrogen (secondary N) is 1. The number of rotatable bonds is 6. The molecule has 3 heteroatoms. The Morgan fingerprint density at radius 1 is 1.20 bits per heavy atom. The molecule has 2 aromatic rings. The predicted molar refractivity (Wildman–Crippen MR) is 80.6 cm³/mol. The number of benzene rings is 1. The molecule has 1 aliphatic carbocycles. The van der Waals surface area contributed by atoms with Crippen LogP contribution in [0.4, 0.5) is 0 Å². The SMILES string of the molecule is CCCNC(CC1Cc2ccccc21)c1ncccn1. The van der Waals surface area contributed by atoms with Gasteiger partial charge in [-0.05, 0) is 48.9 Å². The Morgan fingerprint density at radius 2 is 2.00 bits per heavy atom. The molecule has 20 heavy (non-hydrogen) atoms. The summed E-state index contributed by atoms with van der Waals surface area (Å²) >= 11 is 0. The quantitative estimate of drug-likeness (QED) is 0.873. The first kappa shape index (κ1) is 13.3. The second-order valence-corrected chi connectivity index (χ2v) is 5.45. The van der Waals surface area contributed by atoms with Crippen molar-refractivity contribution in [3.05, 3.63) is 59.7 Å². The lowest BCUT2D eigenvalue weighted by molar-refractivity contribution is 0.413. The average molecular weight is 267 g/mol. The minimum atomic E-state index is 0.259. The Balaban J connectivity index is 1.72. The largest absolute Gasteiger partial charge is 0.307 e. The monoisotopic (exact) mass is 267 g/mol. The van der Waals surface area contributed by atoms with E-state index < -0.39 is 0 Å². The van der Waals surface area contributed by atoms with Gasteiger partial charge in [0.05, 0.1) is 6.04 Å². The van der Waals surface area contributed by atoms with Gasteiger partial charge in [-0.15, -0.1) is 0 Å². The molecule has 0 bridgehead atoms. The van der Waals surface area contributed by atoms with Gasteiger partial charge in [0, 0.05) is 12.4 Å². The fourth-order valence-electron chi connectivity index (χ4n) is 2.95. The molecule has 3 nitrogen and oxygen atoms in total. The van der Waals surface area contributed by atoms with Crippen LogP contribution in [0.15, 0.2) is 42.7 Å². The Kier molecular flexibility index (Phi) is 4.07. The highest BCUT2D eigenvalue weighted by Gasteiger charge is 2.29. The zero-order valence-electron chi connectivity index (χ0n) is 11.9. The molecule has 104 valence electrons. The molecule has 2 unspecified atom stereocenters. The van der Waals surface area contributed by atoms with Crippen molar-refractivity contribution >= 4 is 0 Å². The number of nitrogens with zero attached hydrogens (tertiary/aromatic N) is 2. The molecule has 0 radical (unpaired) electrons. The number of hydrogen-bond donors (Lipinski definition) is 1. The maximum atomic E-state index is 4.43. The lowest BCUT2D eigenvalue weighted by Gasteiger charge is -2.33. The van der Waals surface area contributed by atoms with Gasteiger partial charge in [-0.2, -0.15) is 0 Å².